The summed E-state index contributed by atoms with van der Waals surface area (Å²) in [6, 6.07) is 10.2. The van der Waals surface area contributed by atoms with Crippen molar-refractivity contribution in [3.05, 3.63) is 30.3 Å². The highest BCUT2D eigenvalue weighted by molar-refractivity contribution is 7.99. The normalized spacial score (nSPS) is 9.12. The van der Waals surface area contributed by atoms with Crippen molar-refractivity contribution in [1.29, 1.82) is 0 Å². The third-order valence-corrected chi connectivity index (χ3v) is 2.59. The summed E-state index contributed by atoms with van der Waals surface area (Å²) >= 11 is 1.78. The summed E-state index contributed by atoms with van der Waals surface area (Å²) in [5.41, 5.74) is 4.57. The van der Waals surface area contributed by atoms with E-state index in [9.17, 15) is 4.79 Å². The summed E-state index contributed by atoms with van der Waals surface area (Å²) in [6.45, 7) is 0.0137. The summed E-state index contributed by atoms with van der Waals surface area (Å²) in [4.78, 5) is 10.5. The van der Waals surface area contributed by atoms with Gasteiger partial charge in [0, 0.05) is 17.3 Å². The van der Waals surface area contributed by atoms with Crippen LogP contribution < -0.4 is 5.73 Å². The minimum atomic E-state index is -0.968. The maximum absolute atomic E-state index is 9.24. The molecular formula is C11H17NO3S. The maximum atomic E-state index is 9.24. The van der Waals surface area contributed by atoms with Crippen LogP contribution in [0.1, 0.15) is 6.42 Å². The molecule has 0 amide bonds. The molecule has 0 atom stereocenters. The van der Waals surface area contributed by atoms with Crippen molar-refractivity contribution < 1.29 is 15.0 Å². The molecule has 1 aromatic rings. The first kappa shape index (κ1) is 15.0. The fourth-order valence-electron chi connectivity index (χ4n) is 0.771. The SMILES string of the molecule is NCC(=O)O.OCCCSc1ccccc1. The number of nitrogens with two attached hydrogens (primary N) is 1. The molecule has 0 saturated heterocycles. The zero-order valence-electron chi connectivity index (χ0n) is 9.00. The van der Waals surface area contributed by atoms with Gasteiger partial charge >= 0.3 is 5.97 Å². The number of carbonyl (C=O) groups is 1. The molecule has 0 aliphatic carbocycles. The second-order valence-corrected chi connectivity index (χ2v) is 4.00. The minimum absolute atomic E-state index is 0.278. The monoisotopic (exact) mass is 243 g/mol. The number of carboxylic acids is 1. The standard InChI is InChI=1S/C9H12OS.C2H5NO2/c10-7-4-8-11-9-5-2-1-3-6-9;3-1-2(4)5/h1-3,5-6,10H,4,7-8H2;1,3H2,(H,4,5). The van der Waals surface area contributed by atoms with Crippen LogP contribution in [-0.4, -0.2) is 35.1 Å². The second-order valence-electron chi connectivity index (χ2n) is 2.84. The predicted octanol–water partition coefficient (Wildman–Crippen LogP) is 1.19. The van der Waals surface area contributed by atoms with Gasteiger partial charge < -0.3 is 15.9 Å². The molecule has 4 N–H and O–H groups in total. The number of aliphatic carboxylic acids is 1. The van der Waals surface area contributed by atoms with E-state index in [0.717, 1.165) is 12.2 Å². The number of hydrogen-bond acceptors (Lipinski definition) is 4. The van der Waals surface area contributed by atoms with Gasteiger partial charge in [0.25, 0.3) is 0 Å². The van der Waals surface area contributed by atoms with Gasteiger partial charge in [-0.25, -0.2) is 0 Å². The van der Waals surface area contributed by atoms with E-state index in [-0.39, 0.29) is 6.54 Å². The van der Waals surface area contributed by atoms with Crippen molar-refractivity contribution in [3.63, 3.8) is 0 Å². The fourth-order valence-corrected chi connectivity index (χ4v) is 1.63. The number of carboxylic acid groups (broad SMARTS) is 1. The number of rotatable bonds is 5. The van der Waals surface area contributed by atoms with Crippen LogP contribution in [0.5, 0.6) is 0 Å². The molecule has 0 aliphatic heterocycles. The molecule has 90 valence electrons. The van der Waals surface area contributed by atoms with Crippen LogP contribution in [0.2, 0.25) is 0 Å². The lowest BCUT2D eigenvalue weighted by atomic mass is 10.4. The van der Waals surface area contributed by atoms with E-state index in [1.54, 1.807) is 11.8 Å². The van der Waals surface area contributed by atoms with E-state index in [4.69, 9.17) is 10.2 Å². The Morgan fingerprint density at radius 3 is 2.31 bits per heavy atom. The number of hydrogen-bond donors (Lipinski definition) is 3. The summed E-state index contributed by atoms with van der Waals surface area (Å²) in [5.74, 6) is 0.0329. The smallest absolute Gasteiger partial charge is 0.317 e. The second kappa shape index (κ2) is 10.5. The maximum Gasteiger partial charge on any atom is 0.317 e. The number of aliphatic hydroxyl groups is 1. The van der Waals surface area contributed by atoms with Crippen LogP contribution in [0.4, 0.5) is 0 Å². The predicted molar refractivity (Wildman–Crippen MR) is 65.6 cm³/mol. The first-order valence-electron chi connectivity index (χ1n) is 4.91. The Morgan fingerprint density at radius 2 is 1.88 bits per heavy atom. The van der Waals surface area contributed by atoms with Gasteiger partial charge in [-0.15, -0.1) is 11.8 Å². The van der Waals surface area contributed by atoms with E-state index >= 15 is 0 Å². The van der Waals surface area contributed by atoms with E-state index < -0.39 is 5.97 Å². The molecular weight excluding hydrogens is 226 g/mol. The van der Waals surface area contributed by atoms with Crippen LogP contribution >= 0.6 is 11.8 Å². The lowest BCUT2D eigenvalue weighted by Gasteiger charge is -1.97. The Labute approximate surface area is 99.5 Å². The molecule has 0 fully saturated rings. The van der Waals surface area contributed by atoms with Gasteiger partial charge in [-0.2, -0.15) is 0 Å². The summed E-state index contributed by atoms with van der Waals surface area (Å²) in [5, 5.41) is 16.1. The molecule has 0 saturated carbocycles. The van der Waals surface area contributed by atoms with Gasteiger partial charge in [-0.3, -0.25) is 4.79 Å². The van der Waals surface area contributed by atoms with Crippen LogP contribution in [-0.2, 0) is 4.79 Å². The average molecular weight is 243 g/mol. The Hall–Kier alpha value is -1.04. The minimum Gasteiger partial charge on any atom is -0.480 e. The molecule has 0 spiro atoms. The molecule has 5 heteroatoms. The topological polar surface area (TPSA) is 83.6 Å². The zero-order chi connectivity index (χ0) is 12.2. The van der Waals surface area contributed by atoms with E-state index in [2.05, 4.69) is 17.9 Å². The molecule has 0 aromatic heterocycles. The van der Waals surface area contributed by atoms with Crippen LogP contribution in [0.25, 0.3) is 0 Å². The van der Waals surface area contributed by atoms with Gasteiger partial charge in [0.05, 0.1) is 6.54 Å². The number of aliphatic hydroxyl groups excluding tert-OH is 1. The van der Waals surface area contributed by atoms with Crippen LogP contribution in [0, 0.1) is 0 Å². The highest BCUT2D eigenvalue weighted by Gasteiger charge is 1.90. The highest BCUT2D eigenvalue weighted by atomic mass is 32.2. The first-order valence-corrected chi connectivity index (χ1v) is 5.89. The molecule has 0 aliphatic rings. The Morgan fingerprint density at radius 1 is 1.31 bits per heavy atom. The first-order chi connectivity index (χ1) is 7.70. The van der Waals surface area contributed by atoms with Gasteiger partial charge in [0.1, 0.15) is 0 Å². The molecule has 0 radical (unpaired) electrons. The van der Waals surface area contributed by atoms with Crippen molar-refractivity contribution in [1.82, 2.24) is 0 Å². The van der Waals surface area contributed by atoms with Gasteiger partial charge in [0.2, 0.25) is 0 Å². The Bertz CT molecular complexity index is 280. The molecule has 1 aromatic carbocycles. The van der Waals surface area contributed by atoms with Crippen LogP contribution in [0.15, 0.2) is 35.2 Å². The third-order valence-electron chi connectivity index (χ3n) is 1.49. The van der Waals surface area contributed by atoms with Gasteiger partial charge in [0.15, 0.2) is 0 Å². The molecule has 0 bridgehead atoms. The van der Waals surface area contributed by atoms with Gasteiger partial charge in [-0.1, -0.05) is 18.2 Å². The molecule has 4 nitrogen and oxygen atoms in total. The van der Waals surface area contributed by atoms with Crippen molar-refractivity contribution >= 4 is 17.7 Å². The molecule has 1 rings (SSSR count). The Balaban J connectivity index is 0.000000385. The quantitative estimate of drug-likeness (QED) is 0.534. The summed E-state index contributed by atoms with van der Waals surface area (Å²) in [7, 11) is 0. The molecule has 0 unspecified atom stereocenters. The van der Waals surface area contributed by atoms with Gasteiger partial charge in [-0.05, 0) is 18.6 Å². The van der Waals surface area contributed by atoms with Crippen molar-refractivity contribution in [3.8, 4) is 0 Å². The highest BCUT2D eigenvalue weighted by Crippen LogP contribution is 2.17. The van der Waals surface area contributed by atoms with Crippen molar-refractivity contribution in [2.75, 3.05) is 18.9 Å². The zero-order valence-corrected chi connectivity index (χ0v) is 9.82. The number of benzene rings is 1. The average Bonchev–Trinajstić information content (AvgIpc) is 2.31. The van der Waals surface area contributed by atoms with E-state index in [0.29, 0.717) is 6.61 Å². The Kier molecular flexibility index (Phi) is 9.80. The number of thioether (sulfide) groups is 1. The summed E-state index contributed by atoms with van der Waals surface area (Å²) in [6.07, 6.45) is 0.875. The largest absolute Gasteiger partial charge is 0.480 e. The third kappa shape index (κ3) is 9.51. The molecule has 16 heavy (non-hydrogen) atoms. The lowest BCUT2D eigenvalue weighted by Crippen LogP contribution is -2.10. The van der Waals surface area contributed by atoms with Crippen LogP contribution in [0.3, 0.4) is 0 Å². The van der Waals surface area contributed by atoms with E-state index in [1.165, 1.54) is 4.90 Å². The van der Waals surface area contributed by atoms with Crippen molar-refractivity contribution in [2.24, 2.45) is 5.73 Å². The van der Waals surface area contributed by atoms with Crippen molar-refractivity contribution in [2.45, 2.75) is 11.3 Å². The van der Waals surface area contributed by atoms with E-state index in [1.807, 2.05) is 18.2 Å². The molecule has 0 heterocycles. The lowest BCUT2D eigenvalue weighted by molar-refractivity contribution is -0.135. The fraction of sp³-hybridized carbons (Fsp3) is 0.364. The summed E-state index contributed by atoms with van der Waals surface area (Å²) < 4.78 is 0.